The first-order chi connectivity index (χ1) is 15.8. The Kier molecular flexibility index (Phi) is 11.2. The highest BCUT2D eigenvalue weighted by Gasteiger charge is 2.33. The average Bonchev–Trinajstić information content (AvgIpc) is 2.73. The number of ether oxygens (including phenoxy) is 2. The van der Waals surface area contributed by atoms with Gasteiger partial charge in [0.2, 0.25) is 11.8 Å². The molecule has 2 atom stereocenters. The van der Waals surface area contributed by atoms with Crippen LogP contribution in [-0.4, -0.2) is 71.5 Å². The van der Waals surface area contributed by atoms with E-state index in [1.54, 1.807) is 40.7 Å². The third kappa shape index (κ3) is 9.12. The Morgan fingerprint density at radius 2 is 1.85 bits per heavy atom. The minimum Gasteiger partial charge on any atom is -0.508 e. The molecule has 190 valence electrons. The number of likely N-dealkylation sites (N-methyl/N-ethyl adjacent to an activating group) is 1. The molecule has 10 nitrogen and oxygen atoms in total. The van der Waals surface area contributed by atoms with Crippen molar-refractivity contribution in [3.63, 3.8) is 0 Å². The summed E-state index contributed by atoms with van der Waals surface area (Å²) in [5.74, 6) is -1.56. The number of phenols is 1. The van der Waals surface area contributed by atoms with Crippen molar-refractivity contribution in [1.82, 2.24) is 15.5 Å². The molecular weight excluding hydrogens is 462 g/mol. The molecule has 1 aromatic carbocycles. The zero-order chi connectivity index (χ0) is 26.1. The Morgan fingerprint density at radius 3 is 2.38 bits per heavy atom. The Bertz CT molecular complexity index is 886. The lowest BCUT2D eigenvalue weighted by Crippen LogP contribution is -2.52. The van der Waals surface area contributed by atoms with Crippen LogP contribution in [0.15, 0.2) is 18.2 Å². The van der Waals surface area contributed by atoms with E-state index in [2.05, 4.69) is 23.3 Å². The first-order valence-electron chi connectivity index (χ1n) is 10.9. The van der Waals surface area contributed by atoms with Gasteiger partial charge in [-0.3, -0.25) is 14.4 Å². The molecule has 1 aromatic rings. The van der Waals surface area contributed by atoms with Crippen LogP contribution in [0.4, 0.5) is 4.79 Å². The van der Waals surface area contributed by atoms with Gasteiger partial charge in [0.1, 0.15) is 23.4 Å². The molecule has 1 rings (SSSR count). The summed E-state index contributed by atoms with van der Waals surface area (Å²) < 4.78 is 10.1. The minimum atomic E-state index is -1.10. The second-order valence-electron chi connectivity index (χ2n) is 8.63. The lowest BCUT2D eigenvalue weighted by molar-refractivity contribution is -0.143. The van der Waals surface area contributed by atoms with E-state index in [9.17, 15) is 24.3 Å². The topological polar surface area (TPSA) is 134 Å². The molecule has 0 aliphatic rings. The number of phenolic OH excluding ortho intramolecular Hbond substituents is 1. The highest BCUT2D eigenvalue weighted by molar-refractivity contribution is 7.80. The summed E-state index contributed by atoms with van der Waals surface area (Å²) in [6.45, 7) is 8.68. The van der Waals surface area contributed by atoms with Gasteiger partial charge < -0.3 is 30.1 Å². The van der Waals surface area contributed by atoms with Gasteiger partial charge in [-0.1, -0.05) is 6.07 Å². The van der Waals surface area contributed by atoms with E-state index < -0.39 is 41.6 Å². The zero-order valence-corrected chi connectivity index (χ0v) is 21.4. The second kappa shape index (κ2) is 13.1. The molecule has 0 aliphatic carbocycles. The van der Waals surface area contributed by atoms with Crippen molar-refractivity contribution in [2.24, 2.45) is 0 Å². The Labute approximate surface area is 205 Å². The van der Waals surface area contributed by atoms with Gasteiger partial charge in [-0.25, -0.2) is 4.79 Å². The molecule has 3 N–H and O–H groups in total. The van der Waals surface area contributed by atoms with E-state index in [-0.39, 0.29) is 31.1 Å². The molecule has 0 radical (unpaired) electrons. The number of nitrogens with zero attached hydrogens (tertiary/aromatic N) is 1. The first-order valence-corrected chi connectivity index (χ1v) is 11.5. The van der Waals surface area contributed by atoms with Gasteiger partial charge in [0, 0.05) is 19.3 Å². The van der Waals surface area contributed by atoms with Crippen molar-refractivity contribution < 1.29 is 33.8 Å². The van der Waals surface area contributed by atoms with Crippen molar-refractivity contribution in [1.29, 1.82) is 0 Å². The Hall–Kier alpha value is -2.95. The van der Waals surface area contributed by atoms with Crippen LogP contribution in [0.2, 0.25) is 0 Å². The summed E-state index contributed by atoms with van der Waals surface area (Å²) in [6, 6.07) is 2.38. The maximum absolute atomic E-state index is 13.2. The molecule has 2 unspecified atom stereocenters. The van der Waals surface area contributed by atoms with Crippen molar-refractivity contribution in [3.05, 3.63) is 29.3 Å². The van der Waals surface area contributed by atoms with Crippen molar-refractivity contribution in [3.8, 4) is 5.75 Å². The maximum Gasteiger partial charge on any atom is 0.408 e. The molecule has 0 spiro atoms. The molecule has 0 bridgehead atoms. The van der Waals surface area contributed by atoms with Gasteiger partial charge in [-0.15, -0.1) is 0 Å². The third-order valence-corrected chi connectivity index (χ3v) is 4.99. The van der Waals surface area contributed by atoms with Crippen LogP contribution in [0, 0.1) is 6.92 Å². The molecule has 0 aromatic heterocycles. The summed E-state index contributed by atoms with van der Waals surface area (Å²) >= 11 is 4.17. The predicted octanol–water partition coefficient (Wildman–Crippen LogP) is 2.09. The molecule has 0 aliphatic heterocycles. The standard InChI is InChI=1S/C23H35N3O7S/c1-7-32-18(28)10-11-24-20(29)19(15-8-9-17(27)14(2)12-15)26(6)21(30)16(13-34)25-22(31)33-23(3,4)5/h8-9,12,16,19,27,34H,7,10-11,13H2,1-6H3,(H,24,29)(H,25,31). The number of amides is 3. The quantitative estimate of drug-likeness (QED) is 0.287. The number of carbonyl (C=O) groups is 4. The monoisotopic (exact) mass is 497 g/mol. The second-order valence-corrected chi connectivity index (χ2v) is 8.99. The van der Waals surface area contributed by atoms with E-state index in [1.807, 2.05) is 0 Å². The Morgan fingerprint density at radius 1 is 1.21 bits per heavy atom. The number of hydrogen-bond acceptors (Lipinski definition) is 8. The number of benzene rings is 1. The molecule has 3 amide bonds. The number of rotatable bonds is 10. The summed E-state index contributed by atoms with van der Waals surface area (Å²) in [6.07, 6.45) is -0.817. The Balaban J connectivity index is 3.12. The number of aryl methyl sites for hydroxylation is 1. The van der Waals surface area contributed by atoms with Crippen LogP contribution < -0.4 is 10.6 Å². The van der Waals surface area contributed by atoms with E-state index in [0.29, 0.717) is 11.1 Å². The summed E-state index contributed by atoms with van der Waals surface area (Å²) in [5, 5.41) is 15.0. The van der Waals surface area contributed by atoms with E-state index in [4.69, 9.17) is 9.47 Å². The number of thiol groups is 1. The predicted molar refractivity (Wildman–Crippen MR) is 130 cm³/mol. The van der Waals surface area contributed by atoms with Crippen LogP contribution >= 0.6 is 12.6 Å². The van der Waals surface area contributed by atoms with Gasteiger partial charge in [0.05, 0.1) is 13.0 Å². The average molecular weight is 498 g/mol. The maximum atomic E-state index is 13.2. The highest BCUT2D eigenvalue weighted by atomic mass is 32.1. The largest absolute Gasteiger partial charge is 0.508 e. The van der Waals surface area contributed by atoms with Gasteiger partial charge in [0.25, 0.3) is 0 Å². The fraction of sp³-hybridized carbons (Fsp3) is 0.565. The molecule has 11 heteroatoms. The van der Waals surface area contributed by atoms with E-state index in [0.717, 1.165) is 0 Å². The van der Waals surface area contributed by atoms with Crippen LogP contribution in [-0.2, 0) is 23.9 Å². The number of carbonyl (C=O) groups excluding carboxylic acids is 4. The number of esters is 1. The normalized spacial score (nSPS) is 12.8. The van der Waals surface area contributed by atoms with Gasteiger partial charge >= 0.3 is 12.1 Å². The molecule has 0 saturated heterocycles. The third-order valence-electron chi connectivity index (χ3n) is 4.63. The summed E-state index contributed by atoms with van der Waals surface area (Å²) in [5.41, 5.74) is 0.195. The molecular formula is C23H35N3O7S. The van der Waals surface area contributed by atoms with Crippen LogP contribution in [0.3, 0.4) is 0 Å². The number of nitrogens with one attached hydrogen (secondary N) is 2. The van der Waals surface area contributed by atoms with Gasteiger partial charge in [-0.05, 0) is 57.9 Å². The van der Waals surface area contributed by atoms with E-state index in [1.165, 1.54) is 24.1 Å². The molecule has 0 fully saturated rings. The van der Waals surface area contributed by atoms with Crippen molar-refractivity contribution in [2.75, 3.05) is 26.0 Å². The summed E-state index contributed by atoms with van der Waals surface area (Å²) in [7, 11) is 1.42. The molecule has 34 heavy (non-hydrogen) atoms. The lowest BCUT2D eigenvalue weighted by atomic mass is 10.0. The van der Waals surface area contributed by atoms with Gasteiger partial charge in [0.15, 0.2) is 0 Å². The van der Waals surface area contributed by atoms with Crippen molar-refractivity contribution in [2.45, 2.75) is 58.7 Å². The lowest BCUT2D eigenvalue weighted by Gasteiger charge is -2.31. The van der Waals surface area contributed by atoms with Crippen LogP contribution in [0.1, 0.15) is 51.3 Å². The first kappa shape index (κ1) is 29.1. The van der Waals surface area contributed by atoms with Crippen LogP contribution in [0.5, 0.6) is 5.75 Å². The molecule has 0 heterocycles. The fourth-order valence-corrected chi connectivity index (χ4v) is 3.27. The fourth-order valence-electron chi connectivity index (χ4n) is 3.03. The van der Waals surface area contributed by atoms with Crippen molar-refractivity contribution >= 4 is 36.5 Å². The molecule has 0 saturated carbocycles. The summed E-state index contributed by atoms with van der Waals surface area (Å²) in [4.78, 5) is 51.3. The SMILES string of the molecule is CCOC(=O)CCNC(=O)C(c1ccc(O)c(C)c1)N(C)C(=O)C(CS)NC(=O)OC(C)(C)C. The van der Waals surface area contributed by atoms with Crippen LogP contribution in [0.25, 0.3) is 0 Å². The zero-order valence-electron chi connectivity index (χ0n) is 20.5. The number of alkyl carbamates (subject to hydrolysis) is 1. The van der Waals surface area contributed by atoms with E-state index >= 15 is 0 Å². The number of hydrogen-bond donors (Lipinski definition) is 4. The smallest absolute Gasteiger partial charge is 0.408 e. The number of aromatic hydroxyl groups is 1. The highest BCUT2D eigenvalue weighted by Crippen LogP contribution is 2.26. The van der Waals surface area contributed by atoms with Gasteiger partial charge in [-0.2, -0.15) is 12.6 Å². The minimum absolute atomic E-state index is 0.0133.